The van der Waals surface area contributed by atoms with Crippen molar-refractivity contribution in [2.75, 3.05) is 25.0 Å². The van der Waals surface area contributed by atoms with Gasteiger partial charge in [-0.3, -0.25) is 4.79 Å². The van der Waals surface area contributed by atoms with Crippen molar-refractivity contribution in [3.63, 3.8) is 0 Å². The zero-order chi connectivity index (χ0) is 21.6. The number of para-hydroxylation sites is 1. The molecule has 2 aromatic carbocycles. The van der Waals surface area contributed by atoms with E-state index in [2.05, 4.69) is 10.3 Å². The van der Waals surface area contributed by atoms with Crippen LogP contribution in [0.1, 0.15) is 27.5 Å². The van der Waals surface area contributed by atoms with E-state index in [1.54, 1.807) is 6.07 Å². The van der Waals surface area contributed by atoms with Crippen molar-refractivity contribution >= 4 is 17.6 Å². The summed E-state index contributed by atoms with van der Waals surface area (Å²) in [4.78, 5) is 21.1. The van der Waals surface area contributed by atoms with Gasteiger partial charge in [0.2, 0.25) is 12.2 Å². The van der Waals surface area contributed by atoms with Crippen LogP contribution in [0.4, 0.5) is 5.69 Å². The fourth-order valence-electron chi connectivity index (χ4n) is 3.79. The maximum Gasteiger partial charge on any atom is 0.257 e. The minimum absolute atomic E-state index is 0.0760. The fraction of sp³-hybridized carbons (Fsp3) is 0.208. The molecule has 0 radical (unpaired) electrons. The van der Waals surface area contributed by atoms with Gasteiger partial charge in [-0.1, -0.05) is 48.5 Å². The summed E-state index contributed by atoms with van der Waals surface area (Å²) in [5.41, 5.74) is 3.50. The summed E-state index contributed by atoms with van der Waals surface area (Å²) in [7, 11) is 0. The molecule has 1 amide bonds. The lowest BCUT2D eigenvalue weighted by molar-refractivity contribution is 0.0550. The molecule has 0 bridgehead atoms. The standard InChI is InChI=1S/C24H23N5O2/c1-18-7-5-6-10-21(18)27-24(26-17-25)28-12-13-29(23(30)20-11-14-31-16-20)22(15-28)19-8-3-2-4-9-19/h2-11,14,16,22H,12-13,15H2,1H3,(H,26,27). The second-order valence-electron chi connectivity index (χ2n) is 7.36. The lowest BCUT2D eigenvalue weighted by Gasteiger charge is -2.42. The lowest BCUT2D eigenvalue weighted by Crippen LogP contribution is -2.53. The van der Waals surface area contributed by atoms with E-state index in [0.717, 1.165) is 16.8 Å². The molecule has 0 spiro atoms. The van der Waals surface area contributed by atoms with Crippen LogP contribution in [0.25, 0.3) is 0 Å². The number of amides is 1. The molecular weight excluding hydrogens is 390 g/mol. The van der Waals surface area contributed by atoms with Crippen molar-refractivity contribution in [2.45, 2.75) is 13.0 Å². The molecule has 1 unspecified atom stereocenters. The molecule has 4 rings (SSSR count). The van der Waals surface area contributed by atoms with E-state index in [9.17, 15) is 10.1 Å². The van der Waals surface area contributed by atoms with Gasteiger partial charge in [-0.25, -0.2) is 0 Å². The number of hydrogen-bond acceptors (Lipinski definition) is 4. The van der Waals surface area contributed by atoms with E-state index in [1.165, 1.54) is 12.5 Å². The van der Waals surface area contributed by atoms with E-state index in [1.807, 2.05) is 77.5 Å². The number of nitrogens with one attached hydrogen (secondary N) is 1. The summed E-state index contributed by atoms with van der Waals surface area (Å²) in [5.74, 6) is 0.404. The second kappa shape index (κ2) is 9.18. The van der Waals surface area contributed by atoms with Crippen molar-refractivity contribution in [3.05, 3.63) is 89.9 Å². The predicted molar refractivity (Wildman–Crippen MR) is 118 cm³/mol. The Hall–Kier alpha value is -4.05. The van der Waals surface area contributed by atoms with Gasteiger partial charge in [0, 0.05) is 25.3 Å². The number of furan rings is 1. The normalized spacial score (nSPS) is 16.6. The van der Waals surface area contributed by atoms with Gasteiger partial charge in [0.05, 0.1) is 17.9 Å². The van der Waals surface area contributed by atoms with Crippen LogP contribution >= 0.6 is 0 Å². The first kappa shape index (κ1) is 20.2. The maximum atomic E-state index is 13.1. The largest absolute Gasteiger partial charge is 0.472 e. The highest BCUT2D eigenvalue weighted by Crippen LogP contribution is 2.28. The number of aryl methyl sites for hydroxylation is 1. The van der Waals surface area contributed by atoms with Crippen LogP contribution in [0.3, 0.4) is 0 Å². The molecule has 0 aliphatic carbocycles. The number of guanidine groups is 1. The first-order chi connectivity index (χ1) is 15.2. The third-order valence-corrected chi connectivity index (χ3v) is 5.44. The van der Waals surface area contributed by atoms with Gasteiger partial charge in [0.15, 0.2) is 0 Å². The number of carbonyl (C=O) groups is 1. The summed E-state index contributed by atoms with van der Waals surface area (Å²) >= 11 is 0. The van der Waals surface area contributed by atoms with E-state index in [4.69, 9.17) is 4.42 Å². The molecule has 1 atom stereocenters. The Morgan fingerprint density at radius 2 is 1.90 bits per heavy atom. The number of hydrogen-bond donors (Lipinski definition) is 1. The van der Waals surface area contributed by atoms with Crippen molar-refractivity contribution in [1.29, 1.82) is 5.26 Å². The minimum atomic E-state index is -0.195. The Kier molecular flexibility index (Phi) is 5.99. The monoisotopic (exact) mass is 413 g/mol. The zero-order valence-corrected chi connectivity index (χ0v) is 17.2. The molecule has 2 heterocycles. The molecule has 1 N–H and O–H groups in total. The Morgan fingerprint density at radius 3 is 2.61 bits per heavy atom. The van der Waals surface area contributed by atoms with Gasteiger partial charge < -0.3 is 19.5 Å². The predicted octanol–water partition coefficient (Wildman–Crippen LogP) is 4.04. The summed E-state index contributed by atoms with van der Waals surface area (Å²) in [6.07, 6.45) is 4.88. The number of benzene rings is 2. The number of nitrogens with zero attached hydrogens (tertiary/aromatic N) is 4. The molecule has 31 heavy (non-hydrogen) atoms. The molecule has 7 nitrogen and oxygen atoms in total. The smallest absolute Gasteiger partial charge is 0.257 e. The van der Waals surface area contributed by atoms with Crippen molar-refractivity contribution in [2.24, 2.45) is 4.99 Å². The number of carbonyl (C=O) groups excluding carboxylic acids is 1. The first-order valence-electron chi connectivity index (χ1n) is 10.1. The summed E-state index contributed by atoms with van der Waals surface area (Å²) in [6, 6.07) is 19.2. The SMILES string of the molecule is Cc1ccccc1N/C(=N/C#N)N1CCN(C(=O)c2ccoc2)C(c2ccccc2)C1. The van der Waals surface area contributed by atoms with Crippen LogP contribution in [0.15, 0.2) is 82.6 Å². The van der Waals surface area contributed by atoms with Gasteiger partial charge in [-0.15, -0.1) is 4.99 Å². The first-order valence-corrected chi connectivity index (χ1v) is 10.1. The van der Waals surface area contributed by atoms with Gasteiger partial charge in [-0.05, 0) is 30.2 Å². The molecule has 1 aromatic heterocycles. The van der Waals surface area contributed by atoms with Crippen LogP contribution in [-0.2, 0) is 0 Å². The van der Waals surface area contributed by atoms with Gasteiger partial charge in [-0.2, -0.15) is 5.26 Å². The topological polar surface area (TPSA) is 84.9 Å². The molecule has 3 aromatic rings. The number of nitriles is 1. The molecular formula is C24H23N5O2. The van der Waals surface area contributed by atoms with Crippen LogP contribution < -0.4 is 5.32 Å². The number of piperazine rings is 1. The highest BCUT2D eigenvalue weighted by Gasteiger charge is 2.34. The summed E-state index contributed by atoms with van der Waals surface area (Å²) < 4.78 is 5.11. The number of aliphatic imine (C=N–C) groups is 1. The van der Waals surface area contributed by atoms with Crippen molar-refractivity contribution < 1.29 is 9.21 Å². The van der Waals surface area contributed by atoms with Gasteiger partial charge in [0.25, 0.3) is 5.91 Å². The zero-order valence-electron chi connectivity index (χ0n) is 17.2. The molecule has 1 aliphatic heterocycles. The summed E-state index contributed by atoms with van der Waals surface area (Å²) in [6.45, 7) is 3.55. The molecule has 1 aliphatic rings. The van der Waals surface area contributed by atoms with Crippen molar-refractivity contribution in [1.82, 2.24) is 9.80 Å². The molecule has 1 saturated heterocycles. The van der Waals surface area contributed by atoms with Gasteiger partial charge in [0.1, 0.15) is 6.26 Å². The Bertz CT molecular complexity index is 1100. The van der Waals surface area contributed by atoms with Crippen LogP contribution in [-0.4, -0.2) is 41.3 Å². The highest BCUT2D eigenvalue weighted by molar-refractivity contribution is 5.96. The second-order valence-corrected chi connectivity index (χ2v) is 7.36. The minimum Gasteiger partial charge on any atom is -0.472 e. The van der Waals surface area contributed by atoms with Gasteiger partial charge >= 0.3 is 0 Å². The van der Waals surface area contributed by atoms with E-state index in [-0.39, 0.29) is 11.9 Å². The van der Waals surface area contributed by atoms with E-state index >= 15 is 0 Å². The Balaban J connectivity index is 1.62. The molecule has 0 saturated carbocycles. The molecule has 156 valence electrons. The Labute approximate surface area is 181 Å². The van der Waals surface area contributed by atoms with Crippen LogP contribution in [0.5, 0.6) is 0 Å². The van der Waals surface area contributed by atoms with Crippen molar-refractivity contribution in [3.8, 4) is 6.19 Å². The number of rotatable bonds is 3. The lowest BCUT2D eigenvalue weighted by atomic mass is 10.0. The van der Waals surface area contributed by atoms with E-state index < -0.39 is 0 Å². The molecule has 1 fully saturated rings. The third-order valence-electron chi connectivity index (χ3n) is 5.44. The quantitative estimate of drug-likeness (QED) is 0.398. The fourth-order valence-corrected chi connectivity index (χ4v) is 3.79. The third kappa shape index (κ3) is 4.43. The average Bonchev–Trinajstić information content (AvgIpc) is 3.35. The molecule has 7 heteroatoms. The highest BCUT2D eigenvalue weighted by atomic mass is 16.3. The van der Waals surface area contributed by atoms with E-state index in [0.29, 0.717) is 31.2 Å². The van der Waals surface area contributed by atoms with Crippen LogP contribution in [0, 0.1) is 18.4 Å². The Morgan fingerprint density at radius 1 is 1.13 bits per heavy atom. The average molecular weight is 413 g/mol. The maximum absolute atomic E-state index is 13.1. The number of anilines is 1. The summed E-state index contributed by atoms with van der Waals surface area (Å²) in [5, 5.41) is 12.6. The van der Waals surface area contributed by atoms with Crippen LogP contribution in [0.2, 0.25) is 0 Å².